The average Bonchev–Trinajstić information content (AvgIpc) is 2.60. The molecule has 1 atom stereocenters. The first kappa shape index (κ1) is 11.6. The van der Waals surface area contributed by atoms with Gasteiger partial charge in [0.2, 0.25) is 0 Å². The highest BCUT2D eigenvalue weighted by atomic mass is 16.5. The minimum absolute atomic E-state index is 0.0101. The average molecular weight is 235 g/mol. The lowest BCUT2D eigenvalue weighted by atomic mass is 10.1. The SMILES string of the molecule is [N-]=[N+]=NC[C@@H](O)c1ccc2c(c1)OCCCO2. The highest BCUT2D eigenvalue weighted by molar-refractivity contribution is 5.44. The molecule has 0 bridgehead atoms. The zero-order valence-electron chi connectivity index (χ0n) is 9.24. The Kier molecular flexibility index (Phi) is 3.69. The first-order chi connectivity index (χ1) is 8.31. The number of hydrogen-bond donors (Lipinski definition) is 1. The van der Waals surface area contributed by atoms with Crippen LogP contribution in [0.3, 0.4) is 0 Å². The standard InChI is InChI=1S/C11H13N3O3/c12-14-13-7-9(15)8-2-3-10-11(6-8)17-5-1-4-16-10/h2-3,6,9,15H,1,4-5,7H2/t9-/m1/s1. The predicted molar refractivity (Wildman–Crippen MR) is 61.0 cm³/mol. The van der Waals surface area contributed by atoms with E-state index in [-0.39, 0.29) is 6.54 Å². The van der Waals surface area contributed by atoms with Crippen LogP contribution in [0.1, 0.15) is 18.1 Å². The van der Waals surface area contributed by atoms with E-state index in [4.69, 9.17) is 15.0 Å². The number of benzene rings is 1. The monoisotopic (exact) mass is 235 g/mol. The molecule has 1 aromatic rings. The van der Waals surface area contributed by atoms with E-state index in [1.807, 2.05) is 0 Å². The minimum atomic E-state index is -0.817. The van der Waals surface area contributed by atoms with Crippen molar-refractivity contribution < 1.29 is 14.6 Å². The number of azide groups is 1. The third kappa shape index (κ3) is 2.81. The van der Waals surface area contributed by atoms with Gasteiger partial charge in [-0.1, -0.05) is 11.2 Å². The maximum atomic E-state index is 9.76. The topological polar surface area (TPSA) is 87.5 Å². The molecule has 6 heteroatoms. The molecule has 6 nitrogen and oxygen atoms in total. The molecule has 0 amide bonds. The molecule has 1 N–H and O–H groups in total. The summed E-state index contributed by atoms with van der Waals surface area (Å²) in [6, 6.07) is 5.22. The summed E-state index contributed by atoms with van der Waals surface area (Å²) in [5.41, 5.74) is 8.85. The second kappa shape index (κ2) is 5.43. The summed E-state index contributed by atoms with van der Waals surface area (Å²) < 4.78 is 11.0. The van der Waals surface area contributed by atoms with E-state index in [1.54, 1.807) is 18.2 Å². The molecule has 0 saturated heterocycles. The van der Waals surface area contributed by atoms with Crippen molar-refractivity contribution in [1.82, 2.24) is 0 Å². The Bertz CT molecular complexity index is 444. The maximum Gasteiger partial charge on any atom is 0.161 e. The van der Waals surface area contributed by atoms with E-state index in [0.29, 0.717) is 30.3 Å². The number of ether oxygens (including phenoxy) is 2. The van der Waals surface area contributed by atoms with Crippen molar-refractivity contribution in [2.24, 2.45) is 5.11 Å². The first-order valence-corrected chi connectivity index (χ1v) is 5.39. The van der Waals surface area contributed by atoms with Crippen LogP contribution in [0, 0.1) is 0 Å². The van der Waals surface area contributed by atoms with Crippen LogP contribution < -0.4 is 9.47 Å². The Hall–Kier alpha value is -1.91. The van der Waals surface area contributed by atoms with Gasteiger partial charge in [0.15, 0.2) is 11.5 Å². The molecule has 1 heterocycles. The summed E-state index contributed by atoms with van der Waals surface area (Å²) in [7, 11) is 0. The molecule has 1 aliphatic heterocycles. The Balaban J connectivity index is 2.19. The van der Waals surface area contributed by atoms with Gasteiger partial charge < -0.3 is 14.6 Å². The van der Waals surface area contributed by atoms with E-state index >= 15 is 0 Å². The van der Waals surface area contributed by atoms with Gasteiger partial charge in [0, 0.05) is 11.3 Å². The molecule has 2 rings (SSSR count). The molecule has 0 unspecified atom stereocenters. The largest absolute Gasteiger partial charge is 0.490 e. The second-order valence-electron chi connectivity index (χ2n) is 3.69. The van der Waals surface area contributed by atoms with Gasteiger partial charge in [0.05, 0.1) is 25.9 Å². The van der Waals surface area contributed by atoms with Crippen molar-refractivity contribution in [1.29, 1.82) is 0 Å². The van der Waals surface area contributed by atoms with Crippen LogP contribution in [0.25, 0.3) is 10.4 Å². The third-order valence-corrected chi connectivity index (χ3v) is 2.47. The summed E-state index contributed by atoms with van der Waals surface area (Å²) in [5, 5.41) is 13.1. The molecule has 90 valence electrons. The lowest BCUT2D eigenvalue weighted by Crippen LogP contribution is -2.02. The van der Waals surface area contributed by atoms with Gasteiger partial charge >= 0.3 is 0 Å². The lowest BCUT2D eigenvalue weighted by Gasteiger charge is -2.12. The maximum absolute atomic E-state index is 9.76. The molecule has 1 aliphatic rings. The van der Waals surface area contributed by atoms with Crippen LogP contribution in [0.15, 0.2) is 23.3 Å². The molecule has 0 saturated carbocycles. The summed E-state index contributed by atoms with van der Waals surface area (Å²) in [4.78, 5) is 2.61. The number of aliphatic hydroxyl groups excluding tert-OH is 1. The van der Waals surface area contributed by atoms with Crippen molar-refractivity contribution in [3.8, 4) is 11.5 Å². The number of aliphatic hydroxyl groups is 1. The zero-order chi connectivity index (χ0) is 12.1. The Morgan fingerprint density at radius 1 is 1.35 bits per heavy atom. The van der Waals surface area contributed by atoms with Gasteiger partial charge in [0.1, 0.15) is 0 Å². The van der Waals surface area contributed by atoms with Crippen molar-refractivity contribution >= 4 is 0 Å². The second-order valence-corrected chi connectivity index (χ2v) is 3.69. The van der Waals surface area contributed by atoms with E-state index in [2.05, 4.69) is 10.0 Å². The van der Waals surface area contributed by atoms with Crippen LogP contribution in [0.5, 0.6) is 11.5 Å². The molecule has 0 spiro atoms. The fourth-order valence-corrected chi connectivity index (χ4v) is 1.61. The Labute approximate surface area is 98.4 Å². The first-order valence-electron chi connectivity index (χ1n) is 5.39. The quantitative estimate of drug-likeness (QED) is 0.494. The van der Waals surface area contributed by atoms with Gasteiger partial charge in [-0.2, -0.15) is 0 Å². The fraction of sp³-hybridized carbons (Fsp3) is 0.455. The van der Waals surface area contributed by atoms with Crippen molar-refractivity contribution in [3.05, 3.63) is 34.2 Å². The third-order valence-electron chi connectivity index (χ3n) is 2.47. The molecule has 1 aromatic carbocycles. The summed E-state index contributed by atoms with van der Waals surface area (Å²) in [6.45, 7) is 1.24. The van der Waals surface area contributed by atoms with Crippen molar-refractivity contribution in [2.75, 3.05) is 19.8 Å². The molecule has 17 heavy (non-hydrogen) atoms. The highest BCUT2D eigenvalue weighted by Gasteiger charge is 2.13. The molecule has 0 aromatic heterocycles. The van der Waals surface area contributed by atoms with Crippen LogP contribution in [0.4, 0.5) is 0 Å². The molecule has 0 aliphatic carbocycles. The Morgan fingerprint density at radius 3 is 2.88 bits per heavy atom. The lowest BCUT2D eigenvalue weighted by molar-refractivity contribution is 0.186. The molecular weight excluding hydrogens is 222 g/mol. The van der Waals surface area contributed by atoms with E-state index in [0.717, 1.165) is 6.42 Å². The van der Waals surface area contributed by atoms with Crippen LogP contribution in [0.2, 0.25) is 0 Å². The van der Waals surface area contributed by atoms with Crippen molar-refractivity contribution in [2.45, 2.75) is 12.5 Å². The highest BCUT2D eigenvalue weighted by Crippen LogP contribution is 2.32. The smallest absolute Gasteiger partial charge is 0.161 e. The molecule has 0 radical (unpaired) electrons. The minimum Gasteiger partial charge on any atom is -0.490 e. The van der Waals surface area contributed by atoms with E-state index in [9.17, 15) is 5.11 Å². The van der Waals surface area contributed by atoms with Gasteiger partial charge in [-0.25, -0.2) is 0 Å². The van der Waals surface area contributed by atoms with Crippen LogP contribution >= 0.6 is 0 Å². The van der Waals surface area contributed by atoms with E-state index in [1.165, 1.54) is 0 Å². The van der Waals surface area contributed by atoms with Crippen LogP contribution in [-0.4, -0.2) is 24.9 Å². The zero-order valence-corrected chi connectivity index (χ0v) is 9.24. The summed E-state index contributed by atoms with van der Waals surface area (Å²) in [6.07, 6.45) is 0.0220. The summed E-state index contributed by atoms with van der Waals surface area (Å²) in [5.74, 6) is 1.31. The summed E-state index contributed by atoms with van der Waals surface area (Å²) >= 11 is 0. The number of fused-ring (bicyclic) bond motifs is 1. The number of hydrogen-bond acceptors (Lipinski definition) is 4. The van der Waals surface area contributed by atoms with Gasteiger partial charge in [0.25, 0.3) is 0 Å². The van der Waals surface area contributed by atoms with E-state index < -0.39 is 6.10 Å². The van der Waals surface area contributed by atoms with Gasteiger partial charge in [-0.15, -0.1) is 0 Å². The fourth-order valence-electron chi connectivity index (χ4n) is 1.61. The molecule has 0 fully saturated rings. The van der Waals surface area contributed by atoms with Gasteiger partial charge in [-0.05, 0) is 23.2 Å². The van der Waals surface area contributed by atoms with Gasteiger partial charge in [-0.3, -0.25) is 0 Å². The number of rotatable bonds is 3. The van der Waals surface area contributed by atoms with Crippen LogP contribution in [-0.2, 0) is 0 Å². The normalized spacial score (nSPS) is 15.6. The Morgan fingerprint density at radius 2 is 2.12 bits per heavy atom. The number of nitrogens with zero attached hydrogens (tertiary/aromatic N) is 3. The van der Waals surface area contributed by atoms with Crippen molar-refractivity contribution in [3.63, 3.8) is 0 Å². The molecular formula is C11H13N3O3. The predicted octanol–water partition coefficient (Wildman–Crippen LogP) is 2.19.